The molecule has 2 saturated heterocycles. The lowest BCUT2D eigenvalue weighted by Gasteiger charge is -2.44. The van der Waals surface area contributed by atoms with Gasteiger partial charge in [0.15, 0.2) is 0 Å². The van der Waals surface area contributed by atoms with E-state index in [9.17, 15) is 9.59 Å². The fourth-order valence-electron chi connectivity index (χ4n) is 3.73. The number of nitrogens with zero attached hydrogens (tertiary/aromatic N) is 2. The topological polar surface area (TPSA) is 40.6 Å². The van der Waals surface area contributed by atoms with E-state index < -0.39 is 0 Å². The molecular formula is C19H26N2O2S. The Hall–Kier alpha value is -1.49. The summed E-state index contributed by atoms with van der Waals surface area (Å²) in [7, 11) is 0. The van der Waals surface area contributed by atoms with Gasteiger partial charge in [0.05, 0.1) is 4.87 Å². The minimum Gasteiger partial charge on any atom is -0.342 e. The van der Waals surface area contributed by atoms with E-state index in [-0.39, 0.29) is 16.7 Å². The van der Waals surface area contributed by atoms with E-state index in [1.807, 2.05) is 41.8 Å². The molecule has 2 aliphatic rings. The zero-order valence-electron chi connectivity index (χ0n) is 14.4. The number of thioether (sulfide) groups is 1. The van der Waals surface area contributed by atoms with Crippen molar-refractivity contribution in [3.8, 4) is 0 Å². The minimum atomic E-state index is -0.0711. The summed E-state index contributed by atoms with van der Waals surface area (Å²) in [4.78, 5) is 28.7. The molecule has 1 aromatic carbocycles. The van der Waals surface area contributed by atoms with Crippen molar-refractivity contribution < 1.29 is 9.59 Å². The van der Waals surface area contributed by atoms with Crippen LogP contribution < -0.4 is 0 Å². The van der Waals surface area contributed by atoms with Gasteiger partial charge in [0, 0.05) is 38.2 Å². The standard InChI is InChI=1S/C19H26N2O2S/c1-2-17(22)20-12-10-19(11-13-20)21(14-15-24-19)18(23)9-8-16-6-4-3-5-7-16/h3-7H,2,8-15H2,1H3. The van der Waals surface area contributed by atoms with Crippen LogP contribution in [0.2, 0.25) is 0 Å². The van der Waals surface area contributed by atoms with Crippen molar-refractivity contribution in [3.63, 3.8) is 0 Å². The van der Waals surface area contributed by atoms with E-state index in [1.165, 1.54) is 5.56 Å². The summed E-state index contributed by atoms with van der Waals surface area (Å²) in [5, 5.41) is 0. The van der Waals surface area contributed by atoms with Gasteiger partial charge in [-0.05, 0) is 24.8 Å². The molecule has 2 fully saturated rings. The van der Waals surface area contributed by atoms with Crippen LogP contribution in [0.25, 0.3) is 0 Å². The van der Waals surface area contributed by atoms with Crippen molar-refractivity contribution in [2.75, 3.05) is 25.4 Å². The minimum absolute atomic E-state index is 0.0711. The van der Waals surface area contributed by atoms with E-state index in [1.54, 1.807) is 0 Å². The molecule has 130 valence electrons. The van der Waals surface area contributed by atoms with Crippen molar-refractivity contribution in [1.82, 2.24) is 9.80 Å². The SMILES string of the molecule is CCC(=O)N1CCC2(CC1)SCCN2C(=O)CCc1ccccc1. The summed E-state index contributed by atoms with van der Waals surface area (Å²) >= 11 is 1.91. The molecule has 0 atom stereocenters. The Morgan fingerprint density at radius 1 is 1.08 bits per heavy atom. The lowest BCUT2D eigenvalue weighted by molar-refractivity contribution is -0.137. The highest BCUT2D eigenvalue weighted by atomic mass is 32.2. The number of amides is 2. The molecule has 0 aliphatic carbocycles. The molecule has 2 heterocycles. The molecule has 1 aromatic rings. The molecule has 5 heteroatoms. The van der Waals surface area contributed by atoms with Crippen LogP contribution in [0.5, 0.6) is 0 Å². The van der Waals surface area contributed by atoms with Gasteiger partial charge in [0.2, 0.25) is 11.8 Å². The molecule has 0 aromatic heterocycles. The molecule has 0 N–H and O–H groups in total. The summed E-state index contributed by atoms with van der Waals surface area (Å²) in [6, 6.07) is 10.2. The first kappa shape index (κ1) is 17.3. The van der Waals surface area contributed by atoms with Crippen LogP contribution >= 0.6 is 11.8 Å². The van der Waals surface area contributed by atoms with Crippen molar-refractivity contribution in [2.45, 2.75) is 43.9 Å². The second-order valence-electron chi connectivity index (χ2n) is 6.56. The van der Waals surface area contributed by atoms with Gasteiger partial charge in [0.25, 0.3) is 0 Å². The second kappa shape index (κ2) is 7.60. The Bertz CT molecular complexity index is 582. The Kier molecular flexibility index (Phi) is 5.49. The molecule has 4 nitrogen and oxygen atoms in total. The number of carbonyl (C=O) groups is 2. The number of carbonyl (C=O) groups excluding carboxylic acids is 2. The number of aryl methyl sites for hydroxylation is 1. The van der Waals surface area contributed by atoms with Crippen LogP contribution in [-0.4, -0.2) is 51.9 Å². The molecule has 2 aliphatic heterocycles. The maximum absolute atomic E-state index is 12.8. The fraction of sp³-hybridized carbons (Fsp3) is 0.579. The zero-order valence-corrected chi connectivity index (χ0v) is 15.2. The number of rotatable bonds is 4. The maximum Gasteiger partial charge on any atom is 0.224 e. The van der Waals surface area contributed by atoms with Crippen LogP contribution in [0.1, 0.15) is 38.2 Å². The highest BCUT2D eigenvalue weighted by Gasteiger charge is 2.46. The number of piperidine rings is 1. The Balaban J connectivity index is 1.59. The van der Waals surface area contributed by atoms with E-state index >= 15 is 0 Å². The molecule has 3 rings (SSSR count). The first-order chi connectivity index (χ1) is 11.6. The summed E-state index contributed by atoms with van der Waals surface area (Å²) in [5.41, 5.74) is 1.22. The lowest BCUT2D eigenvalue weighted by atomic mass is 10.0. The van der Waals surface area contributed by atoms with Crippen LogP contribution in [0, 0.1) is 0 Å². The number of hydrogen-bond acceptors (Lipinski definition) is 3. The monoisotopic (exact) mass is 346 g/mol. The van der Waals surface area contributed by atoms with Crippen LogP contribution in [0.15, 0.2) is 30.3 Å². The van der Waals surface area contributed by atoms with Gasteiger partial charge in [-0.3, -0.25) is 9.59 Å². The second-order valence-corrected chi connectivity index (χ2v) is 8.02. The average Bonchev–Trinajstić information content (AvgIpc) is 3.03. The van der Waals surface area contributed by atoms with Gasteiger partial charge >= 0.3 is 0 Å². The van der Waals surface area contributed by atoms with Crippen molar-refractivity contribution in [3.05, 3.63) is 35.9 Å². The first-order valence-corrected chi connectivity index (χ1v) is 9.89. The van der Waals surface area contributed by atoms with Gasteiger partial charge in [-0.2, -0.15) is 0 Å². The van der Waals surface area contributed by atoms with Crippen LogP contribution in [-0.2, 0) is 16.0 Å². The summed E-state index contributed by atoms with van der Waals surface area (Å²) in [6.45, 7) is 4.32. The maximum atomic E-state index is 12.8. The largest absolute Gasteiger partial charge is 0.342 e. The van der Waals surface area contributed by atoms with Crippen molar-refractivity contribution >= 4 is 23.6 Å². The fourth-order valence-corrected chi connectivity index (χ4v) is 5.21. The van der Waals surface area contributed by atoms with Crippen molar-refractivity contribution in [1.29, 1.82) is 0 Å². The molecule has 0 unspecified atom stereocenters. The molecular weight excluding hydrogens is 320 g/mol. The van der Waals surface area contributed by atoms with Gasteiger partial charge in [0.1, 0.15) is 0 Å². The highest BCUT2D eigenvalue weighted by molar-refractivity contribution is 8.00. The molecule has 2 amide bonds. The smallest absolute Gasteiger partial charge is 0.224 e. The summed E-state index contributed by atoms with van der Waals surface area (Å²) in [5.74, 6) is 1.51. The van der Waals surface area contributed by atoms with E-state index in [4.69, 9.17) is 0 Å². The summed E-state index contributed by atoms with van der Waals surface area (Å²) < 4.78 is 0. The predicted molar refractivity (Wildman–Crippen MR) is 97.8 cm³/mol. The zero-order chi connectivity index (χ0) is 17.0. The Labute approximate surface area is 148 Å². The highest BCUT2D eigenvalue weighted by Crippen LogP contribution is 2.44. The van der Waals surface area contributed by atoms with Crippen LogP contribution in [0.4, 0.5) is 0 Å². The Morgan fingerprint density at radius 2 is 1.79 bits per heavy atom. The molecule has 0 radical (unpaired) electrons. The number of likely N-dealkylation sites (tertiary alicyclic amines) is 1. The molecule has 24 heavy (non-hydrogen) atoms. The molecule has 0 saturated carbocycles. The quantitative estimate of drug-likeness (QED) is 0.842. The van der Waals surface area contributed by atoms with E-state index in [2.05, 4.69) is 17.0 Å². The van der Waals surface area contributed by atoms with Gasteiger partial charge in [-0.1, -0.05) is 37.3 Å². The average molecular weight is 346 g/mol. The number of hydrogen-bond donors (Lipinski definition) is 0. The third kappa shape index (κ3) is 3.61. The summed E-state index contributed by atoms with van der Waals surface area (Å²) in [6.07, 6.45) is 3.75. The van der Waals surface area contributed by atoms with Crippen molar-refractivity contribution in [2.24, 2.45) is 0 Å². The first-order valence-electron chi connectivity index (χ1n) is 8.91. The van der Waals surface area contributed by atoms with E-state index in [0.717, 1.165) is 44.6 Å². The normalized spacial score (nSPS) is 19.7. The van der Waals surface area contributed by atoms with Gasteiger partial charge in [-0.15, -0.1) is 11.8 Å². The lowest BCUT2D eigenvalue weighted by Crippen LogP contribution is -2.53. The molecule has 1 spiro atoms. The Morgan fingerprint density at radius 3 is 2.46 bits per heavy atom. The van der Waals surface area contributed by atoms with Crippen LogP contribution in [0.3, 0.4) is 0 Å². The van der Waals surface area contributed by atoms with Gasteiger partial charge < -0.3 is 9.80 Å². The van der Waals surface area contributed by atoms with Gasteiger partial charge in [-0.25, -0.2) is 0 Å². The van der Waals surface area contributed by atoms with E-state index in [0.29, 0.717) is 12.8 Å². The molecule has 0 bridgehead atoms. The third-order valence-corrected chi connectivity index (χ3v) is 6.70. The number of benzene rings is 1. The third-order valence-electron chi connectivity index (χ3n) is 5.15. The predicted octanol–water partition coefficient (Wildman–Crippen LogP) is 2.92.